The molecule has 63 heavy (non-hydrogen) atoms. The highest BCUT2D eigenvalue weighted by Gasteiger charge is 2.43. The number of ether oxygens (including phenoxy) is 3. The van der Waals surface area contributed by atoms with Crippen molar-refractivity contribution in [2.75, 3.05) is 37.3 Å². The number of aryl methyl sites for hydroxylation is 2. The molecular weight excluding hydrogens is 919 g/mol. The van der Waals surface area contributed by atoms with Crippen LogP contribution in [0.5, 0.6) is 0 Å². The standard InChI is InChI=1S/C47H65IN6O9/c1-32(2)23-40(49-44(58)36(18-17-34-13-9-7-10-14-34)26-39(55)29-54-19-21-61-22-20-54)42(56)27-37(25-35-15-11-8-12-16-35)45(59)50-41(24-33(3)4)43(57)47(5,31-48)63-46(60)62-30-38-28-53(6)52-51-38/h7-16,28,32-33,36-37,40-41H,17-27,29-31H2,1-6H3,(H,49,58)(H,50,59)/t36-,37-,40+,41+,47?/m1/s1. The summed E-state index contributed by atoms with van der Waals surface area (Å²) in [7, 11) is 1.68. The Hall–Kier alpha value is -4.55. The summed E-state index contributed by atoms with van der Waals surface area (Å²) in [5, 5.41) is 13.7. The van der Waals surface area contributed by atoms with Crippen molar-refractivity contribution in [1.82, 2.24) is 30.5 Å². The van der Waals surface area contributed by atoms with Crippen LogP contribution in [-0.2, 0) is 64.7 Å². The van der Waals surface area contributed by atoms with E-state index in [1.54, 1.807) is 13.2 Å². The lowest BCUT2D eigenvalue weighted by atomic mass is 9.87. The van der Waals surface area contributed by atoms with Gasteiger partial charge in [0, 0.05) is 49.2 Å². The van der Waals surface area contributed by atoms with Crippen molar-refractivity contribution in [2.24, 2.45) is 30.7 Å². The number of carbonyl (C=O) groups is 6. The molecular formula is C47H65IN6O9. The van der Waals surface area contributed by atoms with Gasteiger partial charge in [0.25, 0.3) is 0 Å². The minimum atomic E-state index is -1.66. The zero-order valence-corrected chi connectivity index (χ0v) is 39.7. The van der Waals surface area contributed by atoms with E-state index in [0.717, 1.165) is 11.1 Å². The van der Waals surface area contributed by atoms with Crippen molar-refractivity contribution in [1.29, 1.82) is 0 Å². The fraction of sp³-hybridized carbons (Fsp3) is 0.574. The molecule has 1 fully saturated rings. The summed E-state index contributed by atoms with van der Waals surface area (Å²) >= 11 is 1.96. The molecule has 2 heterocycles. The number of nitrogens with one attached hydrogen (secondary N) is 2. The van der Waals surface area contributed by atoms with Crippen LogP contribution >= 0.6 is 22.6 Å². The number of Topliss-reactive ketones (excluding diaryl/α,β-unsaturated/α-hetero) is 3. The van der Waals surface area contributed by atoms with Crippen LogP contribution in [0.4, 0.5) is 4.79 Å². The third-order valence-electron chi connectivity index (χ3n) is 10.9. The molecule has 344 valence electrons. The fourth-order valence-corrected chi connectivity index (χ4v) is 8.08. The smallest absolute Gasteiger partial charge is 0.428 e. The average Bonchev–Trinajstić information content (AvgIpc) is 3.68. The summed E-state index contributed by atoms with van der Waals surface area (Å²) in [6, 6.07) is 17.1. The number of hydrogen-bond donors (Lipinski definition) is 2. The Bertz CT molecular complexity index is 1940. The van der Waals surface area contributed by atoms with E-state index >= 15 is 0 Å². The Morgan fingerprint density at radius 2 is 1.41 bits per heavy atom. The Morgan fingerprint density at radius 3 is 2.00 bits per heavy atom. The molecule has 0 bridgehead atoms. The highest BCUT2D eigenvalue weighted by molar-refractivity contribution is 14.1. The lowest BCUT2D eigenvalue weighted by Gasteiger charge is -2.32. The second-order valence-electron chi connectivity index (χ2n) is 17.5. The highest BCUT2D eigenvalue weighted by atomic mass is 127. The van der Waals surface area contributed by atoms with Gasteiger partial charge >= 0.3 is 6.16 Å². The molecule has 0 aliphatic carbocycles. The van der Waals surface area contributed by atoms with Crippen LogP contribution in [0.1, 0.15) is 83.5 Å². The topological polar surface area (TPSA) is 188 Å². The second kappa shape index (κ2) is 25.7. The summed E-state index contributed by atoms with van der Waals surface area (Å²) in [5.74, 6) is -3.41. The number of ketones is 3. The molecule has 2 aromatic carbocycles. The number of hydrogen-bond acceptors (Lipinski definition) is 12. The molecule has 1 aromatic heterocycles. The Balaban J connectivity index is 1.53. The summed E-state index contributed by atoms with van der Waals surface area (Å²) in [6.45, 7) is 11.6. The number of nitrogens with zero attached hydrogens (tertiary/aromatic N) is 4. The van der Waals surface area contributed by atoms with Crippen molar-refractivity contribution < 1.29 is 43.0 Å². The lowest BCUT2D eigenvalue weighted by molar-refractivity contribution is -0.142. The van der Waals surface area contributed by atoms with Gasteiger partial charge in [-0.15, -0.1) is 5.10 Å². The van der Waals surface area contributed by atoms with E-state index in [-0.39, 0.29) is 72.6 Å². The van der Waals surface area contributed by atoms with E-state index in [1.807, 2.05) is 116 Å². The molecule has 0 radical (unpaired) electrons. The number of halogens is 1. The minimum absolute atomic E-state index is 0.0117. The monoisotopic (exact) mass is 984 g/mol. The summed E-state index contributed by atoms with van der Waals surface area (Å²) in [4.78, 5) is 85.8. The second-order valence-corrected chi connectivity index (χ2v) is 18.3. The van der Waals surface area contributed by atoms with Crippen LogP contribution in [0.3, 0.4) is 0 Å². The van der Waals surface area contributed by atoms with Gasteiger partial charge in [0.15, 0.2) is 17.2 Å². The molecule has 15 nitrogen and oxygen atoms in total. The first-order valence-electron chi connectivity index (χ1n) is 21.9. The molecule has 0 saturated carbocycles. The number of benzene rings is 2. The van der Waals surface area contributed by atoms with Crippen LogP contribution in [-0.4, -0.2) is 110 Å². The van der Waals surface area contributed by atoms with Crippen molar-refractivity contribution in [3.05, 3.63) is 83.7 Å². The maximum absolute atomic E-state index is 14.5. The number of aromatic nitrogens is 3. The van der Waals surface area contributed by atoms with Gasteiger partial charge in [-0.1, -0.05) is 116 Å². The predicted molar refractivity (Wildman–Crippen MR) is 246 cm³/mol. The van der Waals surface area contributed by atoms with Crippen molar-refractivity contribution in [3.8, 4) is 0 Å². The molecule has 2 amide bonds. The van der Waals surface area contributed by atoms with Gasteiger partial charge in [0.05, 0.1) is 38.0 Å². The van der Waals surface area contributed by atoms with Gasteiger partial charge in [-0.2, -0.15) is 0 Å². The van der Waals surface area contributed by atoms with E-state index in [0.29, 0.717) is 51.3 Å². The molecule has 1 unspecified atom stereocenters. The Morgan fingerprint density at radius 1 is 0.825 bits per heavy atom. The van der Waals surface area contributed by atoms with E-state index in [4.69, 9.17) is 14.2 Å². The zero-order chi connectivity index (χ0) is 45.9. The average molecular weight is 985 g/mol. The molecule has 16 heteroatoms. The maximum atomic E-state index is 14.5. The molecule has 1 saturated heterocycles. The van der Waals surface area contributed by atoms with Crippen molar-refractivity contribution >= 4 is 57.9 Å². The molecule has 3 aromatic rings. The first kappa shape index (κ1) is 51.1. The minimum Gasteiger partial charge on any atom is -0.428 e. The number of amides is 2. The van der Waals surface area contributed by atoms with Gasteiger partial charge in [-0.3, -0.25) is 33.6 Å². The number of alkyl halides is 1. The maximum Gasteiger partial charge on any atom is 0.509 e. The van der Waals surface area contributed by atoms with Crippen LogP contribution in [0, 0.1) is 23.7 Å². The van der Waals surface area contributed by atoms with E-state index in [1.165, 1.54) is 11.6 Å². The quantitative estimate of drug-likeness (QED) is 0.0573. The van der Waals surface area contributed by atoms with Gasteiger partial charge in [-0.05, 0) is 62.0 Å². The summed E-state index contributed by atoms with van der Waals surface area (Å²) in [5.41, 5.74) is 0.588. The van der Waals surface area contributed by atoms with E-state index in [9.17, 15) is 28.8 Å². The molecule has 5 atom stereocenters. The molecule has 4 rings (SSSR count). The number of carbonyl (C=O) groups excluding carboxylic acids is 6. The highest BCUT2D eigenvalue weighted by Crippen LogP contribution is 2.24. The molecule has 1 aliphatic rings. The SMILES string of the molecule is CC(C)C[C@H](NC(=O)[C@H](CCc1ccccc1)CC(=O)CN1CCOCC1)C(=O)C[C@@H](Cc1ccccc1)C(=O)N[C@@H](CC(C)C)C(=O)C(C)(CI)OC(=O)OCc1cn(C)nn1. The van der Waals surface area contributed by atoms with Crippen molar-refractivity contribution in [3.63, 3.8) is 0 Å². The molecule has 2 N–H and O–H groups in total. The normalized spacial score (nSPS) is 16.0. The van der Waals surface area contributed by atoms with Gasteiger partial charge in [-0.25, -0.2) is 4.79 Å². The van der Waals surface area contributed by atoms with Gasteiger partial charge in [0.2, 0.25) is 11.8 Å². The van der Waals surface area contributed by atoms with E-state index in [2.05, 4.69) is 20.9 Å². The third-order valence-corrected chi connectivity index (χ3v) is 12.4. The largest absolute Gasteiger partial charge is 0.509 e. The number of morpholine rings is 1. The Labute approximate surface area is 385 Å². The lowest BCUT2D eigenvalue weighted by Crippen LogP contribution is -2.55. The molecule has 1 aliphatic heterocycles. The summed E-state index contributed by atoms with van der Waals surface area (Å²) < 4.78 is 17.8. The van der Waals surface area contributed by atoms with Gasteiger partial charge in [0.1, 0.15) is 18.1 Å². The van der Waals surface area contributed by atoms with Gasteiger partial charge < -0.3 is 24.8 Å². The summed E-state index contributed by atoms with van der Waals surface area (Å²) in [6.07, 6.45) is 2.06. The van der Waals surface area contributed by atoms with E-state index < -0.39 is 47.4 Å². The first-order chi connectivity index (χ1) is 30.0. The molecule has 0 spiro atoms. The first-order valence-corrected chi connectivity index (χ1v) is 23.4. The van der Waals surface area contributed by atoms with Crippen LogP contribution in [0.2, 0.25) is 0 Å². The predicted octanol–water partition coefficient (Wildman–Crippen LogP) is 5.65. The van der Waals surface area contributed by atoms with Crippen LogP contribution < -0.4 is 10.6 Å². The Kier molecular flexibility index (Phi) is 20.8. The number of rotatable bonds is 26. The van der Waals surface area contributed by atoms with Crippen LogP contribution in [0.25, 0.3) is 0 Å². The fourth-order valence-electron chi connectivity index (χ4n) is 7.54. The third kappa shape index (κ3) is 17.5. The van der Waals surface area contributed by atoms with Crippen LogP contribution in [0.15, 0.2) is 66.9 Å². The zero-order valence-electron chi connectivity index (χ0n) is 37.6. The van der Waals surface area contributed by atoms with Crippen molar-refractivity contribution in [2.45, 2.75) is 104 Å².